The van der Waals surface area contributed by atoms with Gasteiger partial charge in [-0.15, -0.1) is 0 Å². The Balaban J connectivity index is 2.04. The van der Waals surface area contributed by atoms with Gasteiger partial charge in [0, 0.05) is 23.8 Å². The molecule has 0 bridgehead atoms. The monoisotopic (exact) mass is 365 g/mol. The molecule has 2 heterocycles. The van der Waals surface area contributed by atoms with E-state index in [1.54, 1.807) is 29.6 Å². The summed E-state index contributed by atoms with van der Waals surface area (Å²) < 4.78 is 11.6. The maximum absolute atomic E-state index is 12.4. The van der Waals surface area contributed by atoms with Crippen LogP contribution in [0.3, 0.4) is 0 Å². The zero-order valence-electron chi connectivity index (χ0n) is 15.2. The van der Waals surface area contributed by atoms with Crippen LogP contribution in [0.15, 0.2) is 72.5 Å². The molecule has 0 atom stereocenters. The van der Waals surface area contributed by atoms with Gasteiger partial charge in [0.25, 0.3) is 0 Å². The molecule has 1 aliphatic rings. The molecule has 0 unspecified atom stereocenters. The van der Waals surface area contributed by atoms with Gasteiger partial charge in [-0.05, 0) is 43.3 Å². The minimum Gasteiger partial charge on any atom is -0.465 e. The number of hydrogen-bond acceptors (Lipinski definition) is 6. The lowest BCUT2D eigenvalue weighted by Gasteiger charge is -2.23. The van der Waals surface area contributed by atoms with Crippen molar-refractivity contribution in [3.8, 4) is 5.69 Å². The third kappa shape index (κ3) is 3.67. The lowest BCUT2D eigenvalue weighted by Crippen LogP contribution is -2.26. The van der Waals surface area contributed by atoms with Gasteiger partial charge in [-0.1, -0.05) is 6.08 Å². The predicted molar refractivity (Wildman–Crippen MR) is 100 cm³/mol. The summed E-state index contributed by atoms with van der Waals surface area (Å²) in [6.07, 6.45) is 10.3. The Morgan fingerprint density at radius 3 is 2.22 bits per heavy atom. The molecule has 1 aliphatic heterocycles. The number of esters is 2. The topological polar surface area (TPSA) is 73.7 Å². The number of carbonyl (C=O) groups is 2. The molecule has 0 aliphatic carbocycles. The van der Waals surface area contributed by atoms with Crippen molar-refractivity contribution in [2.24, 2.45) is 0 Å². The number of nitrogens with zero attached hydrogens (tertiary/aromatic N) is 3. The van der Waals surface area contributed by atoms with E-state index in [1.165, 1.54) is 20.3 Å². The Bertz CT molecular complexity index is 952. The molecular formula is C20H19N3O4. The highest BCUT2D eigenvalue weighted by Gasteiger charge is 2.27. The predicted octanol–water partition coefficient (Wildman–Crippen LogP) is 2.67. The molecule has 0 N–H and O–H groups in total. The molecule has 1 aromatic heterocycles. The Labute approximate surface area is 156 Å². The largest absolute Gasteiger partial charge is 0.465 e. The third-order valence-electron chi connectivity index (χ3n) is 4.03. The number of carbonyl (C=O) groups excluding carboxylic acids is 2. The van der Waals surface area contributed by atoms with E-state index in [-0.39, 0.29) is 11.3 Å². The van der Waals surface area contributed by atoms with Gasteiger partial charge in [-0.2, -0.15) is 0 Å². The first kappa shape index (κ1) is 18.2. The molecule has 0 radical (unpaired) electrons. The molecule has 0 amide bonds. The quantitative estimate of drug-likeness (QED) is 0.776. The lowest BCUT2D eigenvalue weighted by molar-refractivity contribution is -0.139. The number of imidazole rings is 1. The Hall–Kier alpha value is -3.61. The summed E-state index contributed by atoms with van der Waals surface area (Å²) in [7, 11) is 2.54. The van der Waals surface area contributed by atoms with Gasteiger partial charge in [0.05, 0.1) is 31.8 Å². The Kier molecular flexibility index (Phi) is 5.21. The van der Waals surface area contributed by atoms with Crippen molar-refractivity contribution in [3.05, 3.63) is 78.2 Å². The van der Waals surface area contributed by atoms with E-state index in [0.717, 1.165) is 11.4 Å². The van der Waals surface area contributed by atoms with E-state index in [9.17, 15) is 9.59 Å². The van der Waals surface area contributed by atoms with Crippen LogP contribution >= 0.6 is 0 Å². The van der Waals surface area contributed by atoms with E-state index in [1.807, 2.05) is 42.0 Å². The number of methoxy groups -OCH3 is 2. The minimum atomic E-state index is -0.638. The van der Waals surface area contributed by atoms with E-state index in [0.29, 0.717) is 5.69 Å². The fourth-order valence-corrected chi connectivity index (χ4v) is 2.71. The van der Waals surface area contributed by atoms with Gasteiger partial charge in [-0.3, -0.25) is 0 Å². The average molecular weight is 365 g/mol. The highest BCUT2D eigenvalue weighted by Crippen LogP contribution is 2.27. The normalized spacial score (nSPS) is 13.5. The number of anilines is 1. The van der Waals surface area contributed by atoms with E-state index >= 15 is 0 Å². The van der Waals surface area contributed by atoms with E-state index in [2.05, 4.69) is 4.98 Å². The third-order valence-corrected chi connectivity index (χ3v) is 4.03. The number of benzene rings is 1. The van der Waals surface area contributed by atoms with Crippen LogP contribution in [-0.4, -0.2) is 35.7 Å². The van der Waals surface area contributed by atoms with Crippen LogP contribution in [0, 0.1) is 6.92 Å². The maximum Gasteiger partial charge on any atom is 0.355 e. The first-order chi connectivity index (χ1) is 13.0. The summed E-state index contributed by atoms with van der Waals surface area (Å²) in [6, 6.07) is 7.49. The van der Waals surface area contributed by atoms with Crippen LogP contribution in [0.5, 0.6) is 0 Å². The molecular weight excluding hydrogens is 346 g/mol. The maximum atomic E-state index is 12.4. The molecule has 3 rings (SSSR count). The van der Waals surface area contributed by atoms with Gasteiger partial charge in [0.2, 0.25) is 0 Å². The number of ether oxygens (including phenoxy) is 2. The zero-order chi connectivity index (χ0) is 19.4. The molecule has 7 heteroatoms. The summed E-state index contributed by atoms with van der Waals surface area (Å²) in [4.78, 5) is 30.4. The van der Waals surface area contributed by atoms with Crippen molar-refractivity contribution < 1.29 is 19.1 Å². The van der Waals surface area contributed by atoms with E-state index in [4.69, 9.17) is 9.47 Å². The highest BCUT2D eigenvalue weighted by atomic mass is 16.5. The van der Waals surface area contributed by atoms with Gasteiger partial charge in [0.15, 0.2) is 0 Å². The molecule has 138 valence electrons. The highest BCUT2D eigenvalue weighted by molar-refractivity contribution is 6.05. The summed E-state index contributed by atoms with van der Waals surface area (Å²) in [5.41, 5.74) is 2.73. The van der Waals surface area contributed by atoms with Crippen molar-refractivity contribution in [1.82, 2.24) is 9.55 Å². The Morgan fingerprint density at radius 1 is 0.963 bits per heavy atom. The van der Waals surface area contributed by atoms with E-state index < -0.39 is 11.9 Å². The van der Waals surface area contributed by atoms with Crippen molar-refractivity contribution in [2.45, 2.75) is 6.92 Å². The molecule has 0 saturated heterocycles. The number of aryl methyl sites for hydroxylation is 1. The van der Waals surface area contributed by atoms with Crippen LogP contribution in [0.2, 0.25) is 0 Å². The van der Waals surface area contributed by atoms with Gasteiger partial charge in [0.1, 0.15) is 5.70 Å². The number of aromatic nitrogens is 2. The minimum absolute atomic E-state index is 0.0839. The average Bonchev–Trinajstić information content (AvgIpc) is 3.01. The van der Waals surface area contributed by atoms with Crippen molar-refractivity contribution >= 4 is 17.6 Å². The fourth-order valence-electron chi connectivity index (χ4n) is 2.71. The fraction of sp³-hybridized carbons (Fsp3) is 0.150. The molecule has 0 saturated carbocycles. The number of allylic oxidation sites excluding steroid dienone is 2. The second-order valence-electron chi connectivity index (χ2n) is 5.75. The first-order valence-electron chi connectivity index (χ1n) is 8.21. The molecule has 0 spiro atoms. The molecule has 27 heavy (non-hydrogen) atoms. The standard InChI is InChI=1S/C20H19N3O4/c1-14-12-22(13-21-14)15-7-9-16(10-8-15)23-11-5-4-6-17(19(24)26-2)18(23)20(25)27-3/h4-13H,1-3H3. The van der Waals surface area contributed by atoms with Crippen molar-refractivity contribution in [1.29, 1.82) is 0 Å². The van der Waals surface area contributed by atoms with Crippen molar-refractivity contribution in [3.63, 3.8) is 0 Å². The number of rotatable bonds is 4. The lowest BCUT2D eigenvalue weighted by atomic mass is 10.1. The molecule has 1 aromatic carbocycles. The van der Waals surface area contributed by atoms with Crippen LogP contribution in [-0.2, 0) is 19.1 Å². The summed E-state index contributed by atoms with van der Waals surface area (Å²) in [6.45, 7) is 1.92. The molecule has 7 nitrogen and oxygen atoms in total. The summed E-state index contributed by atoms with van der Waals surface area (Å²) >= 11 is 0. The Morgan fingerprint density at radius 2 is 1.63 bits per heavy atom. The van der Waals surface area contributed by atoms with Crippen LogP contribution in [0.25, 0.3) is 5.69 Å². The SMILES string of the molecule is COC(=O)C1=C(C(=O)OC)N(c2ccc(-n3cnc(C)c3)cc2)C=CC=C1. The zero-order valence-corrected chi connectivity index (χ0v) is 15.2. The van der Waals surface area contributed by atoms with Crippen molar-refractivity contribution in [2.75, 3.05) is 19.1 Å². The van der Waals surface area contributed by atoms with Gasteiger partial charge < -0.3 is 18.9 Å². The number of hydrogen-bond donors (Lipinski definition) is 0. The smallest absolute Gasteiger partial charge is 0.355 e. The second kappa shape index (κ2) is 7.74. The van der Waals surface area contributed by atoms with Gasteiger partial charge in [-0.25, -0.2) is 14.6 Å². The summed E-state index contributed by atoms with van der Waals surface area (Å²) in [5.74, 6) is -1.26. The first-order valence-corrected chi connectivity index (χ1v) is 8.21. The molecule has 0 fully saturated rings. The molecule has 2 aromatic rings. The second-order valence-corrected chi connectivity index (χ2v) is 5.75. The van der Waals surface area contributed by atoms with Gasteiger partial charge >= 0.3 is 11.9 Å². The van der Waals surface area contributed by atoms with Crippen LogP contribution in [0.4, 0.5) is 5.69 Å². The van der Waals surface area contributed by atoms with Crippen LogP contribution in [0.1, 0.15) is 5.69 Å². The summed E-state index contributed by atoms with van der Waals surface area (Å²) in [5, 5.41) is 0. The van der Waals surface area contributed by atoms with Crippen LogP contribution < -0.4 is 4.90 Å².